The maximum absolute atomic E-state index is 4.77. The maximum atomic E-state index is 4.77. The van der Waals surface area contributed by atoms with E-state index in [4.69, 9.17) is 4.98 Å². The Morgan fingerprint density at radius 3 is 2.50 bits per heavy atom. The Morgan fingerprint density at radius 1 is 1.17 bits per heavy atom. The fourth-order valence-corrected chi connectivity index (χ4v) is 2.50. The van der Waals surface area contributed by atoms with Gasteiger partial charge in [0.05, 0.1) is 0 Å². The highest BCUT2D eigenvalue weighted by Crippen LogP contribution is 2.39. The first kappa shape index (κ1) is 11.8. The van der Waals surface area contributed by atoms with Crippen molar-refractivity contribution in [3.05, 3.63) is 11.9 Å². The first-order valence-corrected chi connectivity index (χ1v) is 7.08. The largest absolute Gasteiger partial charge is 0.373 e. The molecule has 0 radical (unpaired) electrons. The van der Waals surface area contributed by atoms with Crippen LogP contribution in [0.3, 0.4) is 0 Å². The summed E-state index contributed by atoms with van der Waals surface area (Å²) in [7, 11) is 1.93. The number of piperidine rings is 1. The molecule has 4 heteroatoms. The van der Waals surface area contributed by atoms with Gasteiger partial charge in [0.1, 0.15) is 17.5 Å². The first-order valence-electron chi connectivity index (χ1n) is 7.08. The molecule has 1 saturated carbocycles. The van der Waals surface area contributed by atoms with Crippen molar-refractivity contribution in [2.24, 2.45) is 5.92 Å². The minimum Gasteiger partial charge on any atom is -0.373 e. The molecule has 0 aromatic carbocycles. The molecule has 2 fully saturated rings. The minimum atomic E-state index is 0.612. The summed E-state index contributed by atoms with van der Waals surface area (Å²) in [6.45, 7) is 4.60. The van der Waals surface area contributed by atoms with E-state index in [0.717, 1.165) is 36.5 Å². The van der Waals surface area contributed by atoms with E-state index >= 15 is 0 Å². The topological polar surface area (TPSA) is 41.0 Å². The molecular formula is C14H22N4. The number of anilines is 2. The summed E-state index contributed by atoms with van der Waals surface area (Å²) in [5, 5.41) is 3.16. The highest BCUT2D eigenvalue weighted by Gasteiger charge is 2.28. The molecule has 3 rings (SSSR count). The van der Waals surface area contributed by atoms with Crippen LogP contribution < -0.4 is 10.2 Å². The Kier molecular flexibility index (Phi) is 3.10. The molecule has 0 spiro atoms. The van der Waals surface area contributed by atoms with Gasteiger partial charge in [-0.15, -0.1) is 0 Å². The molecule has 1 aromatic heterocycles. The van der Waals surface area contributed by atoms with Crippen LogP contribution >= 0.6 is 0 Å². The third-order valence-corrected chi connectivity index (χ3v) is 4.04. The average molecular weight is 246 g/mol. The van der Waals surface area contributed by atoms with Crippen LogP contribution in [0.1, 0.15) is 44.3 Å². The van der Waals surface area contributed by atoms with Crippen molar-refractivity contribution in [1.82, 2.24) is 9.97 Å². The molecule has 1 aromatic rings. The summed E-state index contributed by atoms with van der Waals surface area (Å²) in [6, 6.07) is 2.09. The number of rotatable bonds is 3. The lowest BCUT2D eigenvalue weighted by Gasteiger charge is -2.31. The van der Waals surface area contributed by atoms with Crippen molar-refractivity contribution in [3.8, 4) is 0 Å². The molecule has 0 amide bonds. The van der Waals surface area contributed by atoms with Crippen molar-refractivity contribution in [2.75, 3.05) is 30.4 Å². The molecule has 0 bridgehead atoms. The van der Waals surface area contributed by atoms with Gasteiger partial charge >= 0.3 is 0 Å². The molecule has 0 atom stereocenters. The standard InChI is InChI=1S/C14H22N4/c1-10-5-7-18(8-6-10)13-9-12(15-2)16-14(17-13)11-3-4-11/h9-11H,3-8H2,1-2H3,(H,15,16,17). The summed E-state index contributed by atoms with van der Waals surface area (Å²) in [5.74, 6) is 4.58. The Balaban J connectivity index is 1.83. The van der Waals surface area contributed by atoms with Crippen LogP contribution in [0.2, 0.25) is 0 Å². The molecule has 18 heavy (non-hydrogen) atoms. The fraction of sp³-hybridized carbons (Fsp3) is 0.714. The number of hydrogen-bond donors (Lipinski definition) is 1. The third kappa shape index (κ3) is 2.42. The van der Waals surface area contributed by atoms with Crippen LogP contribution in [0.15, 0.2) is 6.07 Å². The van der Waals surface area contributed by atoms with E-state index < -0.39 is 0 Å². The van der Waals surface area contributed by atoms with Crippen LogP contribution in [-0.2, 0) is 0 Å². The number of nitrogens with zero attached hydrogens (tertiary/aromatic N) is 3. The zero-order chi connectivity index (χ0) is 12.5. The van der Waals surface area contributed by atoms with Gasteiger partial charge in [0.2, 0.25) is 0 Å². The van der Waals surface area contributed by atoms with E-state index in [1.807, 2.05) is 7.05 Å². The number of aromatic nitrogens is 2. The molecule has 1 N–H and O–H groups in total. The summed E-state index contributed by atoms with van der Waals surface area (Å²) < 4.78 is 0. The zero-order valence-corrected chi connectivity index (χ0v) is 11.3. The minimum absolute atomic E-state index is 0.612. The van der Waals surface area contributed by atoms with Gasteiger partial charge in [-0.05, 0) is 31.6 Å². The molecule has 98 valence electrons. The second kappa shape index (κ2) is 4.75. The van der Waals surface area contributed by atoms with Gasteiger partial charge in [0.15, 0.2) is 0 Å². The first-order chi connectivity index (χ1) is 8.76. The van der Waals surface area contributed by atoms with Crippen molar-refractivity contribution >= 4 is 11.6 Å². The van der Waals surface area contributed by atoms with Gasteiger partial charge in [0.25, 0.3) is 0 Å². The van der Waals surface area contributed by atoms with E-state index in [1.54, 1.807) is 0 Å². The van der Waals surface area contributed by atoms with Gasteiger partial charge < -0.3 is 10.2 Å². The van der Waals surface area contributed by atoms with Crippen LogP contribution in [0.25, 0.3) is 0 Å². The normalized spacial score (nSPS) is 21.1. The fourth-order valence-electron chi connectivity index (χ4n) is 2.50. The van der Waals surface area contributed by atoms with Crippen molar-refractivity contribution in [2.45, 2.75) is 38.5 Å². The van der Waals surface area contributed by atoms with Crippen LogP contribution in [0.5, 0.6) is 0 Å². The Morgan fingerprint density at radius 2 is 1.89 bits per heavy atom. The Labute approximate surface area is 109 Å². The molecule has 4 nitrogen and oxygen atoms in total. The lowest BCUT2D eigenvalue weighted by molar-refractivity contribution is 0.436. The van der Waals surface area contributed by atoms with Gasteiger partial charge in [-0.3, -0.25) is 0 Å². The molecule has 1 aliphatic heterocycles. The van der Waals surface area contributed by atoms with Gasteiger partial charge in [-0.25, -0.2) is 9.97 Å². The average Bonchev–Trinajstić information content (AvgIpc) is 3.23. The molecule has 2 aliphatic rings. The van der Waals surface area contributed by atoms with Crippen molar-refractivity contribution in [3.63, 3.8) is 0 Å². The zero-order valence-electron chi connectivity index (χ0n) is 11.3. The highest BCUT2D eigenvalue weighted by atomic mass is 15.2. The molecule has 2 heterocycles. The predicted molar refractivity (Wildman–Crippen MR) is 74.2 cm³/mol. The molecule has 1 aliphatic carbocycles. The second-order valence-corrected chi connectivity index (χ2v) is 5.66. The monoisotopic (exact) mass is 246 g/mol. The van der Waals surface area contributed by atoms with Crippen LogP contribution in [0.4, 0.5) is 11.6 Å². The Bertz CT molecular complexity index is 420. The highest BCUT2D eigenvalue weighted by molar-refractivity contribution is 5.50. The summed E-state index contributed by atoms with van der Waals surface area (Å²) >= 11 is 0. The van der Waals surface area contributed by atoms with E-state index in [9.17, 15) is 0 Å². The van der Waals surface area contributed by atoms with E-state index in [2.05, 4.69) is 28.2 Å². The van der Waals surface area contributed by atoms with E-state index in [0.29, 0.717) is 5.92 Å². The smallest absolute Gasteiger partial charge is 0.136 e. The summed E-state index contributed by atoms with van der Waals surface area (Å²) in [4.78, 5) is 11.8. The molecular weight excluding hydrogens is 224 g/mol. The molecule has 0 unspecified atom stereocenters. The van der Waals surface area contributed by atoms with Gasteiger partial charge in [0, 0.05) is 32.1 Å². The van der Waals surface area contributed by atoms with E-state index in [-0.39, 0.29) is 0 Å². The van der Waals surface area contributed by atoms with Gasteiger partial charge in [-0.1, -0.05) is 6.92 Å². The lowest BCUT2D eigenvalue weighted by Crippen LogP contribution is -2.33. The van der Waals surface area contributed by atoms with Crippen LogP contribution in [-0.4, -0.2) is 30.1 Å². The lowest BCUT2D eigenvalue weighted by atomic mass is 9.99. The summed E-state index contributed by atoms with van der Waals surface area (Å²) in [6.07, 6.45) is 5.06. The Hall–Kier alpha value is -1.32. The van der Waals surface area contributed by atoms with Crippen molar-refractivity contribution < 1.29 is 0 Å². The number of hydrogen-bond acceptors (Lipinski definition) is 4. The maximum Gasteiger partial charge on any atom is 0.136 e. The van der Waals surface area contributed by atoms with Crippen LogP contribution in [0, 0.1) is 5.92 Å². The van der Waals surface area contributed by atoms with E-state index in [1.165, 1.54) is 25.7 Å². The summed E-state index contributed by atoms with van der Waals surface area (Å²) in [5.41, 5.74) is 0. The number of nitrogens with one attached hydrogen (secondary N) is 1. The second-order valence-electron chi connectivity index (χ2n) is 5.66. The quantitative estimate of drug-likeness (QED) is 0.890. The predicted octanol–water partition coefficient (Wildman–Crippen LogP) is 2.63. The van der Waals surface area contributed by atoms with Gasteiger partial charge in [-0.2, -0.15) is 0 Å². The van der Waals surface area contributed by atoms with Crippen molar-refractivity contribution in [1.29, 1.82) is 0 Å². The SMILES string of the molecule is CNc1cc(N2CCC(C)CC2)nc(C2CC2)n1. The third-order valence-electron chi connectivity index (χ3n) is 4.04. The molecule has 1 saturated heterocycles.